The van der Waals surface area contributed by atoms with Crippen LogP contribution in [0.1, 0.15) is 18.9 Å². The average molecular weight is 222 g/mol. The molecule has 0 aromatic heterocycles. The fraction of sp³-hybridized carbons (Fsp3) is 0.417. The van der Waals surface area contributed by atoms with Gasteiger partial charge in [-0.05, 0) is 31.0 Å². The monoisotopic (exact) mass is 222 g/mol. The Morgan fingerprint density at radius 2 is 2.25 bits per heavy atom. The van der Waals surface area contributed by atoms with Gasteiger partial charge >= 0.3 is 0 Å². The van der Waals surface area contributed by atoms with E-state index in [9.17, 15) is 4.79 Å². The molecule has 0 aliphatic heterocycles. The van der Waals surface area contributed by atoms with Crippen molar-refractivity contribution < 1.29 is 9.53 Å². The molecule has 0 unspecified atom stereocenters. The topological polar surface area (TPSA) is 64.3 Å². The van der Waals surface area contributed by atoms with Crippen molar-refractivity contribution in [3.05, 3.63) is 23.8 Å². The molecule has 1 rings (SSSR count). The van der Waals surface area contributed by atoms with Crippen LogP contribution in [-0.4, -0.2) is 19.6 Å². The van der Waals surface area contributed by atoms with Gasteiger partial charge < -0.3 is 15.8 Å². The Bertz CT molecular complexity index is 364. The van der Waals surface area contributed by atoms with E-state index in [-0.39, 0.29) is 5.91 Å². The van der Waals surface area contributed by atoms with Crippen LogP contribution in [0.2, 0.25) is 0 Å². The Balaban J connectivity index is 2.99. The number of anilines is 1. The Kier molecular flexibility index (Phi) is 4.79. The van der Waals surface area contributed by atoms with E-state index in [1.165, 1.54) is 6.92 Å². The summed E-state index contributed by atoms with van der Waals surface area (Å²) in [5.74, 6) is 0.586. The molecule has 0 fully saturated rings. The minimum Gasteiger partial charge on any atom is -0.495 e. The lowest BCUT2D eigenvalue weighted by atomic mass is 10.1. The third-order valence-electron chi connectivity index (χ3n) is 2.28. The number of aryl methyl sites for hydroxylation is 1. The molecule has 0 heterocycles. The van der Waals surface area contributed by atoms with Gasteiger partial charge in [-0.15, -0.1) is 0 Å². The van der Waals surface area contributed by atoms with E-state index in [1.54, 1.807) is 7.11 Å². The van der Waals surface area contributed by atoms with E-state index in [2.05, 4.69) is 5.32 Å². The summed E-state index contributed by atoms with van der Waals surface area (Å²) in [7, 11) is 1.59. The maximum absolute atomic E-state index is 11.1. The number of carbonyl (C=O) groups is 1. The predicted octanol–water partition coefficient (Wildman–Crippen LogP) is 1.54. The summed E-state index contributed by atoms with van der Waals surface area (Å²) in [6.45, 7) is 2.12. The number of hydrogen-bond donors (Lipinski definition) is 2. The Labute approximate surface area is 95.8 Å². The van der Waals surface area contributed by atoms with Crippen molar-refractivity contribution in [2.24, 2.45) is 5.73 Å². The van der Waals surface area contributed by atoms with Crippen LogP contribution in [0.4, 0.5) is 5.69 Å². The van der Waals surface area contributed by atoms with Crippen LogP contribution in [0.25, 0.3) is 0 Å². The smallest absolute Gasteiger partial charge is 0.221 e. The average Bonchev–Trinajstić information content (AvgIpc) is 2.27. The summed E-state index contributed by atoms with van der Waals surface area (Å²) in [4.78, 5) is 11.1. The van der Waals surface area contributed by atoms with Gasteiger partial charge in [0.1, 0.15) is 5.75 Å². The van der Waals surface area contributed by atoms with Crippen LogP contribution in [0.3, 0.4) is 0 Å². The summed E-state index contributed by atoms with van der Waals surface area (Å²) in [5, 5.41) is 2.80. The summed E-state index contributed by atoms with van der Waals surface area (Å²) in [6, 6.07) is 5.72. The minimum absolute atomic E-state index is 0.0986. The third kappa shape index (κ3) is 3.24. The first-order valence-electron chi connectivity index (χ1n) is 5.32. The van der Waals surface area contributed by atoms with Gasteiger partial charge in [0.2, 0.25) is 5.91 Å². The Morgan fingerprint density at radius 1 is 1.50 bits per heavy atom. The Morgan fingerprint density at radius 3 is 2.81 bits per heavy atom. The number of rotatable bonds is 5. The number of ether oxygens (including phenoxy) is 1. The second kappa shape index (κ2) is 6.12. The number of nitrogens with two attached hydrogens (primary N) is 1. The van der Waals surface area contributed by atoms with E-state index >= 15 is 0 Å². The lowest BCUT2D eigenvalue weighted by Gasteiger charge is -2.13. The van der Waals surface area contributed by atoms with E-state index in [0.717, 1.165) is 24.1 Å². The molecule has 0 saturated carbocycles. The highest BCUT2D eigenvalue weighted by Crippen LogP contribution is 2.29. The normalized spacial score (nSPS) is 9.94. The molecule has 1 aromatic carbocycles. The number of benzene rings is 1. The van der Waals surface area contributed by atoms with Crippen molar-refractivity contribution in [3.8, 4) is 5.75 Å². The highest BCUT2D eigenvalue weighted by Gasteiger charge is 2.09. The molecule has 4 heteroatoms. The zero-order valence-electron chi connectivity index (χ0n) is 9.75. The van der Waals surface area contributed by atoms with Gasteiger partial charge in [0.25, 0.3) is 0 Å². The lowest BCUT2D eigenvalue weighted by molar-refractivity contribution is -0.114. The number of hydrogen-bond acceptors (Lipinski definition) is 3. The largest absolute Gasteiger partial charge is 0.495 e. The molecule has 0 radical (unpaired) electrons. The second-order valence-electron chi connectivity index (χ2n) is 3.57. The first kappa shape index (κ1) is 12.5. The number of amides is 1. The highest BCUT2D eigenvalue weighted by molar-refractivity contribution is 5.91. The van der Waals surface area contributed by atoms with Gasteiger partial charge in [0.05, 0.1) is 12.8 Å². The van der Waals surface area contributed by atoms with Gasteiger partial charge in [-0.25, -0.2) is 0 Å². The number of para-hydroxylation sites is 1. The second-order valence-corrected chi connectivity index (χ2v) is 3.57. The molecular weight excluding hydrogens is 204 g/mol. The fourth-order valence-corrected chi connectivity index (χ4v) is 1.57. The maximum Gasteiger partial charge on any atom is 0.221 e. The molecule has 3 N–H and O–H groups in total. The minimum atomic E-state index is -0.0986. The van der Waals surface area contributed by atoms with Crippen LogP contribution in [0.5, 0.6) is 5.75 Å². The summed E-state index contributed by atoms with van der Waals surface area (Å²) < 4.78 is 5.22. The first-order valence-corrected chi connectivity index (χ1v) is 5.32. The standard InChI is InChI=1S/C12H18N2O2/c1-9(15)14-12-10(6-4-8-13)5-3-7-11(12)16-2/h3,5,7H,4,6,8,13H2,1-2H3,(H,14,15). The summed E-state index contributed by atoms with van der Waals surface area (Å²) >= 11 is 0. The molecule has 1 amide bonds. The summed E-state index contributed by atoms with van der Waals surface area (Å²) in [5.41, 5.74) is 7.29. The molecule has 88 valence electrons. The van der Waals surface area contributed by atoms with E-state index < -0.39 is 0 Å². The van der Waals surface area contributed by atoms with Crippen molar-refractivity contribution in [1.82, 2.24) is 0 Å². The van der Waals surface area contributed by atoms with Crippen molar-refractivity contribution in [3.63, 3.8) is 0 Å². The van der Waals surface area contributed by atoms with Gasteiger partial charge in [-0.3, -0.25) is 4.79 Å². The van der Waals surface area contributed by atoms with Crippen molar-refractivity contribution >= 4 is 11.6 Å². The molecule has 16 heavy (non-hydrogen) atoms. The Hall–Kier alpha value is -1.55. The molecule has 1 aromatic rings. The van der Waals surface area contributed by atoms with Crippen molar-refractivity contribution in [2.45, 2.75) is 19.8 Å². The van der Waals surface area contributed by atoms with Gasteiger partial charge in [-0.1, -0.05) is 12.1 Å². The van der Waals surface area contributed by atoms with Crippen LogP contribution in [0.15, 0.2) is 18.2 Å². The zero-order valence-corrected chi connectivity index (χ0v) is 9.75. The number of methoxy groups -OCH3 is 1. The van der Waals surface area contributed by atoms with E-state index in [4.69, 9.17) is 10.5 Å². The SMILES string of the molecule is COc1cccc(CCCN)c1NC(C)=O. The van der Waals surface area contributed by atoms with Gasteiger partial charge in [0, 0.05) is 6.92 Å². The van der Waals surface area contributed by atoms with E-state index in [0.29, 0.717) is 12.3 Å². The lowest BCUT2D eigenvalue weighted by Crippen LogP contribution is -2.10. The quantitative estimate of drug-likeness (QED) is 0.794. The summed E-state index contributed by atoms with van der Waals surface area (Å²) in [6.07, 6.45) is 1.73. The first-order chi connectivity index (χ1) is 7.69. The molecule has 0 bridgehead atoms. The fourth-order valence-electron chi connectivity index (χ4n) is 1.57. The molecule has 4 nitrogen and oxygen atoms in total. The highest BCUT2D eigenvalue weighted by atomic mass is 16.5. The van der Waals surface area contributed by atoms with Crippen LogP contribution in [0, 0.1) is 0 Å². The zero-order chi connectivity index (χ0) is 12.0. The van der Waals surface area contributed by atoms with Crippen LogP contribution >= 0.6 is 0 Å². The van der Waals surface area contributed by atoms with Crippen molar-refractivity contribution in [2.75, 3.05) is 19.0 Å². The molecule has 0 aliphatic carbocycles. The van der Waals surface area contributed by atoms with Gasteiger partial charge in [0.15, 0.2) is 0 Å². The predicted molar refractivity (Wildman–Crippen MR) is 64.7 cm³/mol. The molecular formula is C12H18N2O2. The molecule has 0 spiro atoms. The number of nitrogens with one attached hydrogen (secondary N) is 1. The maximum atomic E-state index is 11.1. The van der Waals surface area contributed by atoms with Crippen LogP contribution < -0.4 is 15.8 Å². The molecule has 0 atom stereocenters. The molecule has 0 saturated heterocycles. The van der Waals surface area contributed by atoms with Crippen molar-refractivity contribution in [1.29, 1.82) is 0 Å². The number of carbonyl (C=O) groups excluding carboxylic acids is 1. The van der Waals surface area contributed by atoms with Crippen LogP contribution in [-0.2, 0) is 11.2 Å². The molecule has 0 aliphatic rings. The third-order valence-corrected chi connectivity index (χ3v) is 2.28. The van der Waals surface area contributed by atoms with E-state index in [1.807, 2.05) is 18.2 Å². The van der Waals surface area contributed by atoms with Gasteiger partial charge in [-0.2, -0.15) is 0 Å².